The van der Waals surface area contributed by atoms with Gasteiger partial charge in [-0.25, -0.2) is 8.78 Å². The zero-order valence-corrected chi connectivity index (χ0v) is 8.68. The van der Waals surface area contributed by atoms with Crippen molar-refractivity contribution in [3.63, 3.8) is 0 Å². The maximum absolute atomic E-state index is 13.2. The average molecular weight is 223 g/mol. The van der Waals surface area contributed by atoms with Crippen LogP contribution in [-0.2, 0) is 0 Å². The standard InChI is InChI=1S/C9H9ClF2S/c1-2-5-13-9-7(11)4-3-6(10)8(9)12/h3-4H,2,5H2,1H3. The highest BCUT2D eigenvalue weighted by Crippen LogP contribution is 2.29. The van der Waals surface area contributed by atoms with Crippen molar-refractivity contribution in [2.75, 3.05) is 5.75 Å². The van der Waals surface area contributed by atoms with Gasteiger partial charge in [-0.1, -0.05) is 18.5 Å². The van der Waals surface area contributed by atoms with Gasteiger partial charge in [0.2, 0.25) is 0 Å². The molecule has 1 aromatic carbocycles. The van der Waals surface area contributed by atoms with Crippen molar-refractivity contribution in [3.8, 4) is 0 Å². The number of hydrogen-bond donors (Lipinski definition) is 0. The molecule has 0 aromatic heterocycles. The van der Waals surface area contributed by atoms with Gasteiger partial charge in [-0.3, -0.25) is 0 Å². The molecule has 1 aromatic rings. The second kappa shape index (κ2) is 4.82. The lowest BCUT2D eigenvalue weighted by molar-refractivity contribution is 0.541. The molecule has 0 nitrogen and oxygen atoms in total. The minimum atomic E-state index is -0.653. The third-order valence-electron chi connectivity index (χ3n) is 1.45. The largest absolute Gasteiger partial charge is 0.206 e. The quantitative estimate of drug-likeness (QED) is 0.548. The molecule has 0 amide bonds. The molecular weight excluding hydrogens is 214 g/mol. The van der Waals surface area contributed by atoms with Gasteiger partial charge in [-0.05, 0) is 24.3 Å². The topological polar surface area (TPSA) is 0 Å². The van der Waals surface area contributed by atoms with Gasteiger partial charge in [0.05, 0.1) is 9.92 Å². The fourth-order valence-electron chi connectivity index (χ4n) is 0.845. The molecule has 0 saturated carbocycles. The van der Waals surface area contributed by atoms with Crippen LogP contribution in [0.1, 0.15) is 13.3 Å². The highest BCUT2D eigenvalue weighted by atomic mass is 35.5. The predicted molar refractivity (Wildman–Crippen MR) is 52.4 cm³/mol. The molecule has 72 valence electrons. The van der Waals surface area contributed by atoms with Gasteiger partial charge in [0, 0.05) is 0 Å². The van der Waals surface area contributed by atoms with Crippen LogP contribution >= 0.6 is 23.4 Å². The molecule has 0 unspecified atom stereocenters. The number of halogens is 3. The average Bonchev–Trinajstić information content (AvgIpc) is 2.12. The minimum absolute atomic E-state index is 0.0225. The Bertz CT molecular complexity index is 302. The van der Waals surface area contributed by atoms with Gasteiger partial charge >= 0.3 is 0 Å². The van der Waals surface area contributed by atoms with Crippen LogP contribution in [0.3, 0.4) is 0 Å². The zero-order chi connectivity index (χ0) is 9.84. The summed E-state index contributed by atoms with van der Waals surface area (Å²) >= 11 is 6.66. The molecule has 0 atom stereocenters. The molecule has 0 N–H and O–H groups in total. The van der Waals surface area contributed by atoms with E-state index in [1.54, 1.807) is 0 Å². The molecule has 0 aliphatic rings. The molecule has 1 rings (SSSR count). The van der Waals surface area contributed by atoms with Gasteiger partial charge in [-0.2, -0.15) is 0 Å². The van der Waals surface area contributed by atoms with Gasteiger partial charge in [-0.15, -0.1) is 11.8 Å². The Morgan fingerprint density at radius 3 is 2.69 bits per heavy atom. The molecule has 0 bridgehead atoms. The number of rotatable bonds is 3. The first-order chi connectivity index (χ1) is 6.16. The summed E-state index contributed by atoms with van der Waals surface area (Å²) in [5.41, 5.74) is 0. The van der Waals surface area contributed by atoms with E-state index in [1.165, 1.54) is 12.1 Å². The van der Waals surface area contributed by atoms with Gasteiger partial charge in [0.1, 0.15) is 5.82 Å². The number of benzene rings is 1. The fraction of sp³-hybridized carbons (Fsp3) is 0.333. The summed E-state index contributed by atoms with van der Waals surface area (Å²) in [6, 6.07) is 2.41. The molecule has 0 heterocycles. The van der Waals surface area contributed by atoms with Crippen LogP contribution in [0.25, 0.3) is 0 Å². The molecular formula is C9H9ClF2S. The van der Waals surface area contributed by atoms with Crippen molar-refractivity contribution in [2.45, 2.75) is 18.2 Å². The van der Waals surface area contributed by atoms with Crippen LogP contribution < -0.4 is 0 Å². The maximum atomic E-state index is 13.2. The molecule has 0 aliphatic heterocycles. The van der Waals surface area contributed by atoms with E-state index in [4.69, 9.17) is 11.6 Å². The van der Waals surface area contributed by atoms with Crippen molar-refractivity contribution >= 4 is 23.4 Å². The lowest BCUT2D eigenvalue weighted by atomic mass is 10.3. The Hall–Kier alpha value is -0.280. The SMILES string of the molecule is CCCSc1c(F)ccc(Cl)c1F. The van der Waals surface area contributed by atoms with Crippen LogP contribution in [0.4, 0.5) is 8.78 Å². The fourth-order valence-corrected chi connectivity index (χ4v) is 1.91. The van der Waals surface area contributed by atoms with Crippen LogP contribution in [0.2, 0.25) is 5.02 Å². The molecule has 0 aliphatic carbocycles. The lowest BCUT2D eigenvalue weighted by Gasteiger charge is -2.04. The summed E-state index contributed by atoms with van der Waals surface area (Å²) in [7, 11) is 0. The van der Waals surface area contributed by atoms with Crippen molar-refractivity contribution in [1.82, 2.24) is 0 Å². The van der Waals surface area contributed by atoms with Crippen LogP contribution in [0.5, 0.6) is 0 Å². The van der Waals surface area contributed by atoms with Crippen molar-refractivity contribution in [3.05, 3.63) is 28.8 Å². The monoisotopic (exact) mass is 222 g/mol. The Morgan fingerprint density at radius 1 is 1.38 bits per heavy atom. The molecule has 0 spiro atoms. The maximum Gasteiger partial charge on any atom is 0.158 e. The smallest absolute Gasteiger partial charge is 0.158 e. The van der Waals surface area contributed by atoms with E-state index in [9.17, 15) is 8.78 Å². The lowest BCUT2D eigenvalue weighted by Crippen LogP contribution is -1.89. The second-order valence-electron chi connectivity index (χ2n) is 2.52. The third kappa shape index (κ3) is 2.58. The first kappa shape index (κ1) is 10.8. The Balaban J connectivity index is 2.96. The normalized spacial score (nSPS) is 10.5. The predicted octanol–water partition coefficient (Wildman–Crippen LogP) is 4.12. The Kier molecular flexibility index (Phi) is 4.00. The zero-order valence-electron chi connectivity index (χ0n) is 7.11. The van der Waals surface area contributed by atoms with Crippen LogP contribution in [0, 0.1) is 11.6 Å². The van der Waals surface area contributed by atoms with Crippen molar-refractivity contribution in [2.24, 2.45) is 0 Å². The summed E-state index contributed by atoms with van der Waals surface area (Å²) < 4.78 is 26.2. The highest BCUT2D eigenvalue weighted by molar-refractivity contribution is 7.99. The summed E-state index contributed by atoms with van der Waals surface area (Å²) in [5, 5.41) is -0.0278. The molecule has 13 heavy (non-hydrogen) atoms. The molecule has 0 radical (unpaired) electrons. The first-order valence-corrected chi connectivity index (χ1v) is 5.29. The van der Waals surface area contributed by atoms with Crippen molar-refractivity contribution in [1.29, 1.82) is 0 Å². The molecule has 0 fully saturated rings. The van der Waals surface area contributed by atoms with E-state index in [0.29, 0.717) is 5.75 Å². The van der Waals surface area contributed by atoms with Crippen LogP contribution in [-0.4, -0.2) is 5.75 Å². The van der Waals surface area contributed by atoms with Gasteiger partial charge < -0.3 is 0 Å². The second-order valence-corrected chi connectivity index (χ2v) is 4.03. The Labute approximate surface area is 85.3 Å². The van der Waals surface area contributed by atoms with Crippen LogP contribution in [0.15, 0.2) is 17.0 Å². The Morgan fingerprint density at radius 2 is 2.08 bits per heavy atom. The number of hydrogen-bond acceptors (Lipinski definition) is 1. The van der Waals surface area contributed by atoms with E-state index in [0.717, 1.165) is 18.2 Å². The van der Waals surface area contributed by atoms with E-state index in [1.807, 2.05) is 6.92 Å². The van der Waals surface area contributed by atoms with E-state index < -0.39 is 11.6 Å². The van der Waals surface area contributed by atoms with Gasteiger partial charge in [0.25, 0.3) is 0 Å². The van der Waals surface area contributed by atoms with E-state index in [-0.39, 0.29) is 9.92 Å². The molecule has 0 saturated heterocycles. The summed E-state index contributed by atoms with van der Waals surface area (Å²) in [5.74, 6) is -0.505. The van der Waals surface area contributed by atoms with Gasteiger partial charge in [0.15, 0.2) is 5.82 Å². The molecule has 4 heteroatoms. The summed E-state index contributed by atoms with van der Waals surface area (Å²) in [6.07, 6.45) is 0.871. The highest BCUT2D eigenvalue weighted by Gasteiger charge is 2.12. The van der Waals surface area contributed by atoms with Crippen molar-refractivity contribution < 1.29 is 8.78 Å². The summed E-state index contributed by atoms with van der Waals surface area (Å²) in [6.45, 7) is 1.95. The third-order valence-corrected chi connectivity index (χ3v) is 3.02. The summed E-state index contributed by atoms with van der Waals surface area (Å²) in [4.78, 5) is 0.0225. The van der Waals surface area contributed by atoms with E-state index >= 15 is 0 Å². The number of thioether (sulfide) groups is 1. The van der Waals surface area contributed by atoms with E-state index in [2.05, 4.69) is 0 Å². The first-order valence-electron chi connectivity index (χ1n) is 3.93. The minimum Gasteiger partial charge on any atom is -0.206 e.